The molecule has 4 N–H and O–H groups in total. The highest BCUT2D eigenvalue weighted by Crippen LogP contribution is 2.37. The van der Waals surface area contributed by atoms with Gasteiger partial charge in [-0.05, 0) is 34.6 Å². The summed E-state index contributed by atoms with van der Waals surface area (Å²) in [6.07, 6.45) is -4.56. The zero-order valence-corrected chi connectivity index (χ0v) is 26.6. The van der Waals surface area contributed by atoms with Crippen LogP contribution in [0.1, 0.15) is 34.6 Å². The molecule has 3 unspecified atom stereocenters. The first-order valence-corrected chi connectivity index (χ1v) is 15.1. The van der Waals surface area contributed by atoms with Gasteiger partial charge in [0.05, 0.1) is 52.2 Å². The van der Waals surface area contributed by atoms with Gasteiger partial charge in [0.25, 0.3) is 0 Å². The molecule has 0 aromatic rings. The highest BCUT2D eigenvalue weighted by Gasteiger charge is 2.21. The zero-order chi connectivity index (χ0) is 33.7. The molecule has 0 spiro atoms. The average Bonchev–Trinajstić information content (AvgIpc) is 2.90. The molecule has 2 amide bonds. The minimum atomic E-state index is -4.73. The fourth-order valence-corrected chi connectivity index (χ4v) is 3.30. The van der Waals surface area contributed by atoms with Crippen LogP contribution in [-0.2, 0) is 51.8 Å². The quantitative estimate of drug-likeness (QED) is 0.0401. The predicted molar refractivity (Wildman–Crippen MR) is 153 cm³/mol. The van der Waals surface area contributed by atoms with Crippen LogP contribution >= 0.6 is 7.82 Å². The first-order chi connectivity index (χ1) is 20.5. The first-order valence-electron chi connectivity index (χ1n) is 13.5. The van der Waals surface area contributed by atoms with Gasteiger partial charge in [0.15, 0.2) is 0 Å². The summed E-state index contributed by atoms with van der Waals surface area (Å²) in [5.41, 5.74) is 0.468. The highest BCUT2D eigenvalue weighted by atomic mass is 31.2. The van der Waals surface area contributed by atoms with Crippen molar-refractivity contribution in [2.45, 2.75) is 59.0 Å². The van der Waals surface area contributed by atoms with Gasteiger partial charge in [-0.1, -0.05) is 13.2 Å². The molecule has 0 saturated heterocycles. The zero-order valence-electron chi connectivity index (χ0n) is 25.7. The molecule has 44 heavy (non-hydrogen) atoms. The number of hydrogen-bond acceptors (Lipinski definition) is 13. The molecular weight excluding hydrogens is 611 g/mol. The number of rotatable bonds is 23. The lowest BCUT2D eigenvalue weighted by Gasteiger charge is -2.22. The van der Waals surface area contributed by atoms with Crippen LogP contribution in [-0.4, -0.2) is 118 Å². The Labute approximate surface area is 256 Å². The third kappa shape index (κ3) is 23.4. The van der Waals surface area contributed by atoms with Gasteiger partial charge in [-0.15, -0.1) is 0 Å². The summed E-state index contributed by atoms with van der Waals surface area (Å²) in [7, 11) is -4.73. The summed E-state index contributed by atoms with van der Waals surface area (Å²) in [5, 5.41) is 4.85. The number of phosphoric ester groups is 1. The number of esters is 2. The molecule has 3 atom stereocenters. The van der Waals surface area contributed by atoms with Crippen LogP contribution in [0.3, 0.4) is 0 Å². The molecule has 0 aliphatic rings. The molecule has 0 aliphatic carbocycles. The van der Waals surface area contributed by atoms with Gasteiger partial charge in [0.1, 0.15) is 31.5 Å². The third-order valence-corrected chi connectivity index (χ3v) is 5.35. The Morgan fingerprint density at radius 2 is 1.11 bits per heavy atom. The second-order valence-corrected chi connectivity index (χ2v) is 10.7. The fourth-order valence-electron chi connectivity index (χ4n) is 2.77. The van der Waals surface area contributed by atoms with Crippen LogP contribution in [0.5, 0.6) is 0 Å². The summed E-state index contributed by atoms with van der Waals surface area (Å²) in [5.74, 6) is -1.15. The maximum atomic E-state index is 11.9. The Kier molecular flexibility index (Phi) is 20.9. The summed E-state index contributed by atoms with van der Waals surface area (Å²) in [6, 6.07) is 0. The van der Waals surface area contributed by atoms with Crippen molar-refractivity contribution in [3.8, 4) is 0 Å². The van der Waals surface area contributed by atoms with Crippen molar-refractivity contribution in [2.24, 2.45) is 0 Å². The molecule has 254 valence electrons. The van der Waals surface area contributed by atoms with Gasteiger partial charge in [-0.2, -0.15) is 0 Å². The molecular formula is C26H45N2O15P. The van der Waals surface area contributed by atoms with Gasteiger partial charge in [-0.3, -0.25) is 4.52 Å². The van der Waals surface area contributed by atoms with Crippen LogP contribution in [0.4, 0.5) is 9.59 Å². The smallest absolute Gasteiger partial charge is 0.460 e. The van der Waals surface area contributed by atoms with Crippen LogP contribution in [0.15, 0.2) is 24.3 Å². The first kappa shape index (κ1) is 41.0. The van der Waals surface area contributed by atoms with E-state index in [1.807, 2.05) is 0 Å². The number of carbonyl (C=O) groups excluding carboxylic acids is 4. The van der Waals surface area contributed by atoms with Gasteiger partial charge in [0.2, 0.25) is 0 Å². The fraction of sp³-hybridized carbons (Fsp3) is 0.692. The number of phosphoric acid groups is 1. The predicted octanol–water partition coefficient (Wildman–Crippen LogP) is 1.37. The van der Waals surface area contributed by atoms with E-state index in [0.717, 1.165) is 0 Å². The monoisotopic (exact) mass is 656 g/mol. The van der Waals surface area contributed by atoms with Gasteiger partial charge >= 0.3 is 31.9 Å². The molecule has 0 aliphatic heterocycles. The second-order valence-electron chi connectivity index (χ2n) is 9.55. The van der Waals surface area contributed by atoms with Crippen LogP contribution < -0.4 is 10.6 Å². The van der Waals surface area contributed by atoms with E-state index >= 15 is 0 Å². The van der Waals surface area contributed by atoms with E-state index in [2.05, 4.69) is 28.3 Å². The van der Waals surface area contributed by atoms with Crippen LogP contribution in [0.2, 0.25) is 0 Å². The summed E-state index contributed by atoms with van der Waals surface area (Å²) >= 11 is 0. The maximum absolute atomic E-state index is 11.9. The van der Waals surface area contributed by atoms with E-state index in [1.165, 1.54) is 20.8 Å². The van der Waals surface area contributed by atoms with Crippen molar-refractivity contribution in [3.63, 3.8) is 0 Å². The SMILES string of the molecule is C=C(C)C(=O)OCCNC(=O)OC(C)COCC(COCC(C)OC(=O)NCCOC(=O)C(=C)C)OCC(C)OP(=O)(O)O. The highest BCUT2D eigenvalue weighted by molar-refractivity contribution is 7.46. The number of hydrogen-bond donors (Lipinski definition) is 4. The molecule has 0 aromatic heterocycles. The Balaban J connectivity index is 4.59. The molecule has 0 aromatic carbocycles. The molecule has 0 radical (unpaired) electrons. The Hall–Kier alpha value is -3.05. The van der Waals surface area contributed by atoms with Crippen molar-refractivity contribution < 1.29 is 71.2 Å². The van der Waals surface area contributed by atoms with Gasteiger partial charge in [-0.25, -0.2) is 23.7 Å². The van der Waals surface area contributed by atoms with Crippen molar-refractivity contribution in [1.82, 2.24) is 10.6 Å². The van der Waals surface area contributed by atoms with E-state index in [4.69, 9.17) is 42.9 Å². The molecule has 17 nitrogen and oxygen atoms in total. The van der Waals surface area contributed by atoms with E-state index in [1.54, 1.807) is 13.8 Å². The van der Waals surface area contributed by atoms with Crippen molar-refractivity contribution in [1.29, 1.82) is 0 Å². The summed E-state index contributed by atoms with van der Waals surface area (Å²) < 4.78 is 52.4. The Morgan fingerprint density at radius 3 is 1.48 bits per heavy atom. The molecule has 0 rings (SSSR count). The largest absolute Gasteiger partial charge is 0.469 e. The third-order valence-electron chi connectivity index (χ3n) is 4.72. The second kappa shape index (κ2) is 22.5. The lowest BCUT2D eigenvalue weighted by Crippen LogP contribution is -2.35. The number of alkyl carbamates (subject to hydrolysis) is 2. The standard InChI is InChI=1S/C26H45N2O15P/c1-17(2)23(29)38-10-8-27-25(31)41-19(5)12-36-15-22(40-14-21(7)43-44(33,34)35)16-37-13-20(6)42-26(32)28-9-11-39-24(30)18(3)4/h19-22H,1,3,8-16H2,2,4-7H3,(H,27,31)(H,28,32)(H2,33,34,35). The normalized spacial score (nSPS) is 13.9. The maximum Gasteiger partial charge on any atom is 0.469 e. The van der Waals surface area contributed by atoms with E-state index in [-0.39, 0.29) is 70.5 Å². The Bertz CT molecular complexity index is 926. The van der Waals surface area contributed by atoms with Crippen molar-refractivity contribution in [2.75, 3.05) is 59.3 Å². The number of carbonyl (C=O) groups is 4. The van der Waals surface area contributed by atoms with E-state index in [0.29, 0.717) is 0 Å². The lowest BCUT2D eigenvalue weighted by molar-refractivity contribution is -0.139. The molecule has 0 fully saturated rings. The molecule has 0 saturated carbocycles. The molecule has 0 heterocycles. The Morgan fingerprint density at radius 1 is 0.705 bits per heavy atom. The number of amides is 2. The number of ether oxygens (including phenoxy) is 7. The van der Waals surface area contributed by atoms with E-state index in [9.17, 15) is 23.7 Å². The van der Waals surface area contributed by atoms with E-state index < -0.39 is 56.4 Å². The molecule has 18 heteroatoms. The van der Waals surface area contributed by atoms with Crippen molar-refractivity contribution >= 4 is 31.9 Å². The summed E-state index contributed by atoms with van der Waals surface area (Å²) in [6.45, 7) is 14.0. The molecule has 0 bridgehead atoms. The van der Waals surface area contributed by atoms with Gasteiger partial charge < -0.3 is 53.6 Å². The lowest BCUT2D eigenvalue weighted by atomic mass is 10.3. The topological polar surface area (TPSA) is 224 Å². The van der Waals surface area contributed by atoms with Crippen molar-refractivity contribution in [3.05, 3.63) is 24.3 Å². The minimum Gasteiger partial charge on any atom is -0.460 e. The number of nitrogens with one attached hydrogen (secondary N) is 2. The average molecular weight is 657 g/mol. The van der Waals surface area contributed by atoms with Crippen LogP contribution in [0, 0.1) is 0 Å². The minimum absolute atomic E-state index is 0.0300. The van der Waals surface area contributed by atoms with Gasteiger partial charge in [0, 0.05) is 11.1 Å². The summed E-state index contributed by atoms with van der Waals surface area (Å²) in [4.78, 5) is 64.4. The van der Waals surface area contributed by atoms with Crippen LogP contribution in [0.25, 0.3) is 0 Å².